The van der Waals surface area contributed by atoms with Crippen LogP contribution in [0.15, 0.2) is 23.1 Å². The molecule has 2 N–H and O–H groups in total. The van der Waals surface area contributed by atoms with Crippen molar-refractivity contribution in [1.82, 2.24) is 0 Å². The summed E-state index contributed by atoms with van der Waals surface area (Å²) >= 11 is 5.45. The molecule has 0 saturated carbocycles. The SMILES string of the molecule is Nc1ccc(Cl)cc1S(=O)C(F)(F)F. The Kier molecular flexibility index (Phi) is 3.06. The second-order valence-electron chi connectivity index (χ2n) is 2.40. The number of halogens is 4. The summed E-state index contributed by atoms with van der Waals surface area (Å²) in [6.07, 6.45) is 0. The average Bonchev–Trinajstić information content (AvgIpc) is 2.06. The van der Waals surface area contributed by atoms with Gasteiger partial charge < -0.3 is 5.73 Å². The Morgan fingerprint density at radius 3 is 2.43 bits per heavy atom. The average molecular weight is 244 g/mol. The molecular formula is C7H5ClF3NOS. The Hall–Kier alpha value is -0.750. The van der Waals surface area contributed by atoms with Gasteiger partial charge >= 0.3 is 5.51 Å². The molecule has 14 heavy (non-hydrogen) atoms. The minimum absolute atomic E-state index is 0.0619. The molecule has 0 aliphatic rings. The van der Waals surface area contributed by atoms with Crippen molar-refractivity contribution in [2.45, 2.75) is 10.4 Å². The van der Waals surface area contributed by atoms with Crippen molar-refractivity contribution in [2.24, 2.45) is 0 Å². The Morgan fingerprint density at radius 1 is 1.36 bits per heavy atom. The van der Waals surface area contributed by atoms with Crippen molar-refractivity contribution >= 4 is 28.1 Å². The fourth-order valence-electron chi connectivity index (χ4n) is 0.793. The maximum absolute atomic E-state index is 12.0. The van der Waals surface area contributed by atoms with Gasteiger partial charge in [0.15, 0.2) is 10.8 Å². The van der Waals surface area contributed by atoms with E-state index in [4.69, 9.17) is 17.3 Å². The van der Waals surface area contributed by atoms with Crippen molar-refractivity contribution in [3.8, 4) is 0 Å². The van der Waals surface area contributed by atoms with Crippen LogP contribution in [0.1, 0.15) is 0 Å². The molecule has 0 fully saturated rings. The number of hydrogen-bond acceptors (Lipinski definition) is 2. The number of hydrogen-bond donors (Lipinski definition) is 1. The van der Waals surface area contributed by atoms with E-state index < -0.39 is 21.2 Å². The van der Waals surface area contributed by atoms with Gasteiger partial charge in [-0.2, -0.15) is 13.2 Å². The van der Waals surface area contributed by atoms with E-state index in [0.29, 0.717) is 0 Å². The van der Waals surface area contributed by atoms with Crippen LogP contribution in [0.25, 0.3) is 0 Å². The lowest BCUT2D eigenvalue weighted by Gasteiger charge is -2.08. The van der Waals surface area contributed by atoms with Crippen LogP contribution in [0.5, 0.6) is 0 Å². The van der Waals surface area contributed by atoms with Gasteiger partial charge in [0.25, 0.3) is 0 Å². The number of benzene rings is 1. The first kappa shape index (κ1) is 11.3. The van der Waals surface area contributed by atoms with Crippen LogP contribution in [0.3, 0.4) is 0 Å². The second-order valence-corrected chi connectivity index (χ2v) is 4.27. The number of anilines is 1. The highest BCUT2D eigenvalue weighted by atomic mass is 35.5. The van der Waals surface area contributed by atoms with Crippen LogP contribution in [0.2, 0.25) is 5.02 Å². The molecule has 78 valence electrons. The monoisotopic (exact) mass is 243 g/mol. The van der Waals surface area contributed by atoms with Crippen LogP contribution in [0.4, 0.5) is 18.9 Å². The third kappa shape index (κ3) is 2.39. The fourth-order valence-corrected chi connectivity index (χ4v) is 1.80. The Morgan fingerprint density at radius 2 is 1.93 bits per heavy atom. The van der Waals surface area contributed by atoms with Crippen molar-refractivity contribution in [3.63, 3.8) is 0 Å². The van der Waals surface area contributed by atoms with Crippen molar-refractivity contribution < 1.29 is 17.4 Å². The molecule has 0 bridgehead atoms. The third-order valence-corrected chi connectivity index (χ3v) is 2.79. The van der Waals surface area contributed by atoms with E-state index in [9.17, 15) is 17.4 Å². The molecule has 0 aromatic heterocycles. The lowest BCUT2D eigenvalue weighted by Crippen LogP contribution is -2.17. The van der Waals surface area contributed by atoms with E-state index in [1.54, 1.807) is 0 Å². The molecule has 1 aromatic rings. The van der Waals surface area contributed by atoms with Gasteiger partial charge in [-0.05, 0) is 18.2 Å². The summed E-state index contributed by atoms with van der Waals surface area (Å²) < 4.78 is 47.0. The molecule has 7 heteroatoms. The van der Waals surface area contributed by atoms with Crippen molar-refractivity contribution in [2.75, 3.05) is 5.73 Å². The molecule has 1 aromatic carbocycles. The molecule has 0 heterocycles. The smallest absolute Gasteiger partial charge is 0.398 e. The summed E-state index contributed by atoms with van der Waals surface area (Å²) in [4.78, 5) is -0.509. The molecule has 0 spiro atoms. The zero-order valence-electron chi connectivity index (χ0n) is 6.64. The summed E-state index contributed by atoms with van der Waals surface area (Å²) in [5.74, 6) is 0. The molecule has 0 aliphatic carbocycles. The Balaban J connectivity index is 3.19. The fraction of sp³-hybridized carbons (Fsp3) is 0.143. The predicted octanol–water partition coefficient (Wildman–Crippen LogP) is 2.55. The van der Waals surface area contributed by atoms with Crippen LogP contribution >= 0.6 is 11.6 Å². The summed E-state index contributed by atoms with van der Waals surface area (Å²) in [5, 5.41) is 0.0619. The molecule has 0 saturated heterocycles. The molecular weight excluding hydrogens is 239 g/mol. The zero-order chi connectivity index (χ0) is 10.9. The molecule has 1 unspecified atom stereocenters. The molecule has 0 amide bonds. The number of nitrogens with two attached hydrogens (primary N) is 1. The molecule has 2 nitrogen and oxygen atoms in total. The van der Waals surface area contributed by atoms with Crippen LogP contribution in [-0.2, 0) is 10.8 Å². The van der Waals surface area contributed by atoms with Gasteiger partial charge in [-0.15, -0.1) is 0 Å². The van der Waals surface area contributed by atoms with E-state index in [0.717, 1.165) is 6.07 Å². The normalized spacial score (nSPS) is 14.0. The third-order valence-electron chi connectivity index (χ3n) is 1.39. The van der Waals surface area contributed by atoms with E-state index in [-0.39, 0.29) is 10.7 Å². The maximum Gasteiger partial charge on any atom is 0.475 e. The zero-order valence-corrected chi connectivity index (χ0v) is 8.21. The van der Waals surface area contributed by atoms with Gasteiger partial charge in [0.1, 0.15) is 0 Å². The number of alkyl halides is 3. The minimum Gasteiger partial charge on any atom is -0.398 e. The minimum atomic E-state index is -4.82. The van der Waals surface area contributed by atoms with Crippen LogP contribution in [0, 0.1) is 0 Å². The summed E-state index contributed by atoms with van der Waals surface area (Å²) in [6, 6.07) is 3.45. The van der Waals surface area contributed by atoms with Crippen LogP contribution < -0.4 is 5.73 Å². The summed E-state index contributed by atoms with van der Waals surface area (Å²) in [6.45, 7) is 0. The quantitative estimate of drug-likeness (QED) is 0.771. The maximum atomic E-state index is 12.0. The lowest BCUT2D eigenvalue weighted by atomic mass is 10.3. The molecule has 1 atom stereocenters. The summed E-state index contributed by atoms with van der Waals surface area (Å²) in [5.41, 5.74) is 0.225. The Labute approximate surface area is 85.3 Å². The van der Waals surface area contributed by atoms with Crippen molar-refractivity contribution in [3.05, 3.63) is 23.2 Å². The lowest BCUT2D eigenvalue weighted by molar-refractivity contribution is -0.0384. The topological polar surface area (TPSA) is 43.1 Å². The van der Waals surface area contributed by atoms with Crippen molar-refractivity contribution in [1.29, 1.82) is 0 Å². The largest absolute Gasteiger partial charge is 0.475 e. The highest BCUT2D eigenvalue weighted by Gasteiger charge is 2.39. The van der Waals surface area contributed by atoms with Gasteiger partial charge in [-0.25, -0.2) is 4.21 Å². The van der Waals surface area contributed by atoms with Gasteiger partial charge in [0.05, 0.1) is 4.90 Å². The first-order valence-electron chi connectivity index (χ1n) is 3.36. The molecule has 1 rings (SSSR count). The highest BCUT2D eigenvalue weighted by Crippen LogP contribution is 2.31. The van der Waals surface area contributed by atoms with Crippen LogP contribution in [-0.4, -0.2) is 9.72 Å². The first-order chi connectivity index (χ1) is 6.32. The first-order valence-corrected chi connectivity index (χ1v) is 4.89. The molecule has 0 aliphatic heterocycles. The van der Waals surface area contributed by atoms with E-state index >= 15 is 0 Å². The molecule has 0 radical (unpaired) electrons. The van der Waals surface area contributed by atoms with E-state index in [1.807, 2.05) is 0 Å². The highest BCUT2D eigenvalue weighted by molar-refractivity contribution is 7.86. The van der Waals surface area contributed by atoms with Gasteiger partial charge in [-0.3, -0.25) is 0 Å². The number of rotatable bonds is 1. The van der Waals surface area contributed by atoms with E-state index in [1.165, 1.54) is 12.1 Å². The van der Waals surface area contributed by atoms with Gasteiger partial charge in [0, 0.05) is 10.7 Å². The number of nitrogen functional groups attached to an aromatic ring is 1. The Bertz CT molecular complexity index is 380. The predicted molar refractivity (Wildman–Crippen MR) is 48.3 cm³/mol. The van der Waals surface area contributed by atoms with Gasteiger partial charge in [-0.1, -0.05) is 11.6 Å². The van der Waals surface area contributed by atoms with Gasteiger partial charge in [0.2, 0.25) is 0 Å². The van der Waals surface area contributed by atoms with E-state index in [2.05, 4.69) is 0 Å². The second kappa shape index (κ2) is 3.78. The standard InChI is InChI=1S/C7H5ClF3NOS/c8-4-1-2-5(12)6(3-4)14(13)7(9,10)11/h1-3H,12H2. The summed E-state index contributed by atoms with van der Waals surface area (Å²) in [7, 11) is -3.13.